The van der Waals surface area contributed by atoms with Gasteiger partial charge in [-0.1, -0.05) is 11.6 Å². The monoisotopic (exact) mass is 453 g/mol. The van der Waals surface area contributed by atoms with Gasteiger partial charge in [-0.25, -0.2) is 19.7 Å². The molecule has 0 bridgehead atoms. The molecule has 0 radical (unpaired) electrons. The molecule has 3 aromatic heterocycles. The third kappa shape index (κ3) is 4.70. The highest BCUT2D eigenvalue weighted by Gasteiger charge is 2.14. The van der Waals surface area contributed by atoms with Crippen LogP contribution in [0.5, 0.6) is 0 Å². The molecule has 2 amide bonds. The number of rotatable bonds is 5. The zero-order valence-corrected chi connectivity index (χ0v) is 18.3. The number of halogens is 1. The van der Waals surface area contributed by atoms with Crippen molar-refractivity contribution in [2.24, 2.45) is 0 Å². The predicted molar refractivity (Wildman–Crippen MR) is 120 cm³/mol. The molecule has 32 heavy (non-hydrogen) atoms. The molecular weight excluding hydrogens is 434 g/mol. The summed E-state index contributed by atoms with van der Waals surface area (Å²) in [5.74, 6) is 0.747. The van der Waals surface area contributed by atoms with Gasteiger partial charge in [0.2, 0.25) is 5.78 Å². The molecule has 11 heteroatoms. The first-order valence-electron chi connectivity index (χ1n) is 9.74. The van der Waals surface area contributed by atoms with E-state index < -0.39 is 6.09 Å². The number of amides is 2. The average molecular weight is 454 g/mol. The van der Waals surface area contributed by atoms with Crippen molar-refractivity contribution in [3.63, 3.8) is 0 Å². The Labute approximate surface area is 188 Å². The Bertz CT molecular complexity index is 1310. The number of hydrogen-bond acceptors (Lipinski definition) is 6. The van der Waals surface area contributed by atoms with E-state index in [-0.39, 0.29) is 12.0 Å². The van der Waals surface area contributed by atoms with Crippen LogP contribution in [0.2, 0.25) is 5.02 Å². The fraction of sp³-hybridized carbons (Fsp3) is 0.190. The number of nitrogens with one attached hydrogen (secondary N) is 3. The molecule has 0 fully saturated rings. The van der Waals surface area contributed by atoms with E-state index in [0.717, 1.165) is 0 Å². The number of nitrogens with zero attached hydrogens (tertiary/aromatic N) is 4. The van der Waals surface area contributed by atoms with E-state index in [2.05, 4.69) is 30.6 Å². The van der Waals surface area contributed by atoms with E-state index in [1.807, 2.05) is 0 Å². The molecule has 3 heterocycles. The number of anilines is 2. The van der Waals surface area contributed by atoms with Gasteiger partial charge in [0.05, 0.1) is 34.9 Å². The second-order valence-corrected chi connectivity index (χ2v) is 7.69. The highest BCUT2D eigenvalue weighted by Crippen LogP contribution is 2.30. The lowest BCUT2D eigenvalue weighted by atomic mass is 10.1. The number of carbonyl (C=O) groups is 2. The summed E-state index contributed by atoms with van der Waals surface area (Å²) in [7, 11) is 0. The van der Waals surface area contributed by atoms with Gasteiger partial charge in [-0.3, -0.25) is 14.5 Å². The molecule has 0 aliphatic carbocycles. The molecule has 0 spiro atoms. The normalized spacial score (nSPS) is 11.0. The maximum atomic E-state index is 12.4. The minimum absolute atomic E-state index is 0.237. The largest absolute Gasteiger partial charge is 0.447 e. The van der Waals surface area contributed by atoms with Crippen molar-refractivity contribution in [3.05, 3.63) is 59.5 Å². The van der Waals surface area contributed by atoms with Crippen molar-refractivity contribution in [1.29, 1.82) is 0 Å². The van der Waals surface area contributed by atoms with Gasteiger partial charge < -0.3 is 15.0 Å². The molecule has 4 rings (SSSR count). The third-order valence-corrected chi connectivity index (χ3v) is 4.68. The lowest BCUT2D eigenvalue weighted by molar-refractivity contribution is 0.102. The van der Waals surface area contributed by atoms with Crippen molar-refractivity contribution in [2.75, 3.05) is 10.6 Å². The van der Waals surface area contributed by atoms with Gasteiger partial charge in [-0.15, -0.1) is 0 Å². The average Bonchev–Trinajstić information content (AvgIpc) is 3.34. The van der Waals surface area contributed by atoms with Crippen molar-refractivity contribution >= 4 is 40.8 Å². The highest BCUT2D eigenvalue weighted by atomic mass is 35.5. The number of aromatic amines is 1. The fourth-order valence-corrected chi connectivity index (χ4v) is 3.19. The summed E-state index contributed by atoms with van der Waals surface area (Å²) in [6, 6.07) is 5.10. The van der Waals surface area contributed by atoms with Crippen molar-refractivity contribution in [3.8, 4) is 11.3 Å². The molecule has 1 aromatic carbocycles. The second kappa shape index (κ2) is 8.67. The van der Waals surface area contributed by atoms with Gasteiger partial charge in [-0.05, 0) is 39.0 Å². The van der Waals surface area contributed by atoms with E-state index in [1.54, 1.807) is 55.8 Å². The lowest BCUT2D eigenvalue weighted by Crippen LogP contribution is -2.18. The standard InChI is InChI=1S/C21H20ClN7O3/c1-11(2)32-21(31)27-14-7-24-20-28-18(10-29(20)9-14)15-6-13(4-5-16(15)22)26-19(30)17-8-23-12(3)25-17/h4-11H,1-3H3,(H,23,25)(H,26,30)(H,27,31). The fourth-order valence-electron chi connectivity index (χ4n) is 2.97. The van der Waals surface area contributed by atoms with E-state index in [0.29, 0.717) is 45.0 Å². The molecule has 164 valence electrons. The van der Waals surface area contributed by atoms with Crippen LogP contribution in [0.15, 0.2) is 43.0 Å². The van der Waals surface area contributed by atoms with Crippen LogP contribution >= 0.6 is 11.6 Å². The summed E-state index contributed by atoms with van der Waals surface area (Å²) in [5, 5.41) is 5.89. The smallest absolute Gasteiger partial charge is 0.411 e. The molecule has 0 aliphatic rings. The van der Waals surface area contributed by atoms with Gasteiger partial charge >= 0.3 is 6.09 Å². The Morgan fingerprint density at radius 3 is 2.66 bits per heavy atom. The van der Waals surface area contributed by atoms with Crippen LogP contribution in [0.4, 0.5) is 16.2 Å². The quantitative estimate of drug-likeness (QED) is 0.413. The first-order valence-corrected chi connectivity index (χ1v) is 10.1. The molecule has 0 saturated carbocycles. The zero-order valence-electron chi connectivity index (χ0n) is 17.5. The summed E-state index contributed by atoms with van der Waals surface area (Å²) in [6.45, 7) is 5.29. The van der Waals surface area contributed by atoms with Crippen molar-refractivity contribution < 1.29 is 14.3 Å². The van der Waals surface area contributed by atoms with E-state index in [9.17, 15) is 9.59 Å². The van der Waals surface area contributed by atoms with Crippen molar-refractivity contribution in [1.82, 2.24) is 24.3 Å². The highest BCUT2D eigenvalue weighted by molar-refractivity contribution is 6.33. The Balaban J connectivity index is 1.58. The SMILES string of the molecule is Cc1ncc(C(=O)Nc2ccc(Cl)c(-c3cn4cc(NC(=O)OC(C)C)cnc4n3)c2)[nH]1. The summed E-state index contributed by atoms with van der Waals surface area (Å²) >= 11 is 6.39. The number of aryl methyl sites for hydroxylation is 1. The third-order valence-electron chi connectivity index (χ3n) is 4.35. The Morgan fingerprint density at radius 1 is 1.12 bits per heavy atom. The summed E-state index contributed by atoms with van der Waals surface area (Å²) in [4.78, 5) is 39.9. The first-order chi connectivity index (χ1) is 15.3. The summed E-state index contributed by atoms with van der Waals surface area (Å²) in [6.07, 6.45) is 5.54. The maximum absolute atomic E-state index is 12.4. The first kappa shape index (κ1) is 21.3. The number of benzene rings is 1. The van der Waals surface area contributed by atoms with Crippen LogP contribution in [-0.4, -0.2) is 42.4 Å². The molecule has 0 aliphatic heterocycles. The topological polar surface area (TPSA) is 126 Å². The number of carbonyl (C=O) groups excluding carboxylic acids is 2. The molecule has 0 unspecified atom stereocenters. The van der Waals surface area contributed by atoms with Gasteiger partial charge in [0.15, 0.2) is 0 Å². The minimum atomic E-state index is -0.569. The molecule has 0 saturated heterocycles. The number of hydrogen-bond donors (Lipinski definition) is 3. The summed E-state index contributed by atoms with van der Waals surface area (Å²) < 4.78 is 6.74. The van der Waals surface area contributed by atoms with Gasteiger partial charge in [-0.2, -0.15) is 0 Å². The van der Waals surface area contributed by atoms with Crippen LogP contribution < -0.4 is 10.6 Å². The minimum Gasteiger partial charge on any atom is -0.447 e. The zero-order chi connectivity index (χ0) is 22.8. The maximum Gasteiger partial charge on any atom is 0.411 e. The number of fused-ring (bicyclic) bond motifs is 1. The molecule has 3 N–H and O–H groups in total. The number of ether oxygens (including phenoxy) is 1. The Kier molecular flexibility index (Phi) is 5.78. The molecule has 10 nitrogen and oxygen atoms in total. The second-order valence-electron chi connectivity index (χ2n) is 7.29. The molecule has 4 aromatic rings. The van der Waals surface area contributed by atoms with E-state index in [1.165, 1.54) is 12.4 Å². The van der Waals surface area contributed by atoms with Crippen LogP contribution in [0, 0.1) is 6.92 Å². The van der Waals surface area contributed by atoms with Gasteiger partial charge in [0, 0.05) is 23.6 Å². The van der Waals surface area contributed by atoms with Crippen LogP contribution in [0.25, 0.3) is 17.0 Å². The van der Waals surface area contributed by atoms with Crippen molar-refractivity contribution in [2.45, 2.75) is 26.9 Å². The Morgan fingerprint density at radius 2 is 1.94 bits per heavy atom. The number of H-pyrrole nitrogens is 1. The van der Waals surface area contributed by atoms with E-state index >= 15 is 0 Å². The lowest BCUT2D eigenvalue weighted by Gasteiger charge is -2.09. The molecular formula is C21H20ClN7O3. The van der Waals surface area contributed by atoms with Crippen LogP contribution in [-0.2, 0) is 4.74 Å². The predicted octanol–water partition coefficient (Wildman–Crippen LogP) is 4.29. The summed E-state index contributed by atoms with van der Waals surface area (Å²) in [5.41, 5.74) is 2.52. The van der Waals surface area contributed by atoms with Crippen LogP contribution in [0.1, 0.15) is 30.2 Å². The Hall–Kier alpha value is -3.92. The van der Waals surface area contributed by atoms with Gasteiger partial charge in [0.25, 0.3) is 5.91 Å². The van der Waals surface area contributed by atoms with E-state index in [4.69, 9.17) is 16.3 Å². The van der Waals surface area contributed by atoms with Gasteiger partial charge in [0.1, 0.15) is 11.5 Å². The molecule has 0 atom stereocenters. The number of imidazole rings is 2. The number of aromatic nitrogens is 5. The van der Waals surface area contributed by atoms with Crippen LogP contribution in [0.3, 0.4) is 0 Å².